The smallest absolute Gasteiger partial charge is 0.221 e. The number of carbonyl (C=O) groups is 1. The van der Waals surface area contributed by atoms with Crippen LogP contribution in [0.15, 0.2) is 66.7 Å². The standard InChI is InChI=1S/C26H29NO/c1-18-10-14-24(21(4)16-18)26(23-8-6-5-7-9-23)27-25(28)15-13-22-12-11-19(2)20(3)17-22/h5-12,14,16-17,26H,13,15H2,1-4H3,(H,27,28). The van der Waals surface area contributed by atoms with E-state index in [0.717, 1.165) is 17.5 Å². The number of rotatable bonds is 6. The maximum Gasteiger partial charge on any atom is 0.221 e. The van der Waals surface area contributed by atoms with Gasteiger partial charge in [0.05, 0.1) is 6.04 Å². The van der Waals surface area contributed by atoms with Gasteiger partial charge in [-0.2, -0.15) is 0 Å². The van der Waals surface area contributed by atoms with Crippen molar-refractivity contribution in [2.24, 2.45) is 0 Å². The summed E-state index contributed by atoms with van der Waals surface area (Å²) < 4.78 is 0. The van der Waals surface area contributed by atoms with Crippen molar-refractivity contribution in [2.45, 2.75) is 46.6 Å². The molecule has 2 nitrogen and oxygen atoms in total. The summed E-state index contributed by atoms with van der Waals surface area (Å²) in [7, 11) is 0. The molecule has 28 heavy (non-hydrogen) atoms. The molecule has 0 saturated carbocycles. The molecule has 0 saturated heterocycles. The summed E-state index contributed by atoms with van der Waals surface area (Å²) in [5.41, 5.74) is 8.45. The van der Waals surface area contributed by atoms with Gasteiger partial charge in [-0.05, 0) is 67.5 Å². The lowest BCUT2D eigenvalue weighted by Crippen LogP contribution is -2.30. The lowest BCUT2D eigenvalue weighted by atomic mass is 9.93. The van der Waals surface area contributed by atoms with E-state index in [1.165, 1.54) is 27.8 Å². The minimum absolute atomic E-state index is 0.0760. The van der Waals surface area contributed by atoms with Crippen LogP contribution in [0.4, 0.5) is 0 Å². The molecule has 3 aromatic carbocycles. The third kappa shape index (κ3) is 4.89. The Bertz CT molecular complexity index is 959. The highest BCUT2D eigenvalue weighted by Crippen LogP contribution is 2.26. The average Bonchev–Trinajstić information content (AvgIpc) is 2.68. The molecule has 0 aliphatic heterocycles. The number of benzene rings is 3. The zero-order valence-corrected chi connectivity index (χ0v) is 17.3. The molecule has 1 atom stereocenters. The molecule has 0 aliphatic carbocycles. The van der Waals surface area contributed by atoms with Gasteiger partial charge in [0.25, 0.3) is 0 Å². The molecule has 1 unspecified atom stereocenters. The fraction of sp³-hybridized carbons (Fsp3) is 0.269. The molecule has 2 heteroatoms. The van der Waals surface area contributed by atoms with Gasteiger partial charge in [0.1, 0.15) is 0 Å². The molecule has 0 spiro atoms. The molecular formula is C26H29NO. The van der Waals surface area contributed by atoms with Crippen molar-refractivity contribution in [2.75, 3.05) is 0 Å². The van der Waals surface area contributed by atoms with E-state index in [2.05, 4.69) is 81.5 Å². The van der Waals surface area contributed by atoms with Gasteiger partial charge >= 0.3 is 0 Å². The minimum atomic E-state index is -0.131. The predicted octanol–water partition coefficient (Wildman–Crippen LogP) is 5.76. The van der Waals surface area contributed by atoms with Crippen LogP contribution in [0.3, 0.4) is 0 Å². The Kier molecular flexibility index (Phi) is 6.30. The van der Waals surface area contributed by atoms with Crippen LogP contribution in [0.1, 0.15) is 51.4 Å². The van der Waals surface area contributed by atoms with Gasteiger partial charge in [-0.25, -0.2) is 0 Å². The first-order valence-corrected chi connectivity index (χ1v) is 9.91. The first kappa shape index (κ1) is 19.9. The van der Waals surface area contributed by atoms with Crippen LogP contribution in [0.25, 0.3) is 0 Å². The van der Waals surface area contributed by atoms with Crippen LogP contribution < -0.4 is 5.32 Å². The molecule has 0 aliphatic rings. The van der Waals surface area contributed by atoms with Crippen LogP contribution in [0.5, 0.6) is 0 Å². The zero-order valence-electron chi connectivity index (χ0n) is 17.3. The fourth-order valence-electron chi connectivity index (χ4n) is 3.59. The van der Waals surface area contributed by atoms with Gasteiger partial charge in [0.2, 0.25) is 5.91 Å². The second kappa shape index (κ2) is 8.88. The fourth-order valence-corrected chi connectivity index (χ4v) is 3.59. The van der Waals surface area contributed by atoms with Crippen molar-refractivity contribution < 1.29 is 4.79 Å². The molecular weight excluding hydrogens is 342 g/mol. The van der Waals surface area contributed by atoms with E-state index >= 15 is 0 Å². The summed E-state index contributed by atoms with van der Waals surface area (Å²) in [6, 6.07) is 22.9. The Hall–Kier alpha value is -2.87. The zero-order chi connectivity index (χ0) is 20.1. The van der Waals surface area contributed by atoms with Crippen molar-refractivity contribution >= 4 is 5.91 Å². The molecule has 0 fully saturated rings. The lowest BCUT2D eigenvalue weighted by molar-refractivity contribution is -0.121. The van der Waals surface area contributed by atoms with Crippen LogP contribution in [0.2, 0.25) is 0 Å². The Morgan fingerprint density at radius 2 is 1.57 bits per heavy atom. The number of hydrogen-bond acceptors (Lipinski definition) is 1. The lowest BCUT2D eigenvalue weighted by Gasteiger charge is -2.22. The molecule has 0 aromatic heterocycles. The van der Waals surface area contributed by atoms with Crippen molar-refractivity contribution in [1.29, 1.82) is 0 Å². The summed E-state index contributed by atoms with van der Waals surface area (Å²) in [6.45, 7) is 8.43. The molecule has 0 heterocycles. The van der Waals surface area contributed by atoms with Crippen LogP contribution in [0, 0.1) is 27.7 Å². The first-order chi connectivity index (χ1) is 13.4. The largest absolute Gasteiger partial charge is 0.345 e. The van der Waals surface area contributed by atoms with E-state index in [-0.39, 0.29) is 11.9 Å². The number of nitrogens with one attached hydrogen (secondary N) is 1. The highest BCUT2D eigenvalue weighted by molar-refractivity contribution is 5.77. The molecule has 0 radical (unpaired) electrons. The van der Waals surface area contributed by atoms with E-state index < -0.39 is 0 Å². The number of hydrogen-bond donors (Lipinski definition) is 1. The Balaban J connectivity index is 1.77. The third-order valence-electron chi connectivity index (χ3n) is 5.39. The second-order valence-corrected chi connectivity index (χ2v) is 7.69. The molecule has 0 bridgehead atoms. The van der Waals surface area contributed by atoms with E-state index in [4.69, 9.17) is 0 Å². The van der Waals surface area contributed by atoms with Gasteiger partial charge in [-0.15, -0.1) is 0 Å². The predicted molar refractivity (Wildman–Crippen MR) is 117 cm³/mol. The topological polar surface area (TPSA) is 29.1 Å². The summed E-state index contributed by atoms with van der Waals surface area (Å²) in [4.78, 5) is 12.8. The monoisotopic (exact) mass is 371 g/mol. The molecule has 1 N–H and O–H groups in total. The van der Waals surface area contributed by atoms with Crippen molar-refractivity contribution in [1.82, 2.24) is 5.32 Å². The number of carbonyl (C=O) groups excluding carboxylic acids is 1. The third-order valence-corrected chi connectivity index (χ3v) is 5.39. The average molecular weight is 372 g/mol. The second-order valence-electron chi connectivity index (χ2n) is 7.69. The van der Waals surface area contributed by atoms with Crippen LogP contribution >= 0.6 is 0 Å². The van der Waals surface area contributed by atoms with Gasteiger partial charge in [-0.1, -0.05) is 72.3 Å². The molecule has 144 valence electrons. The Morgan fingerprint density at radius 1 is 0.821 bits per heavy atom. The quantitative estimate of drug-likeness (QED) is 0.586. The number of aryl methyl sites for hydroxylation is 5. The van der Waals surface area contributed by atoms with Gasteiger partial charge in [-0.3, -0.25) is 4.79 Å². The van der Waals surface area contributed by atoms with Crippen LogP contribution in [-0.2, 0) is 11.2 Å². The van der Waals surface area contributed by atoms with Gasteiger partial charge in [0.15, 0.2) is 0 Å². The van der Waals surface area contributed by atoms with Crippen molar-refractivity contribution in [3.8, 4) is 0 Å². The highest BCUT2D eigenvalue weighted by Gasteiger charge is 2.18. The first-order valence-electron chi connectivity index (χ1n) is 9.91. The maximum atomic E-state index is 12.8. The Labute approximate surface area is 168 Å². The summed E-state index contributed by atoms with van der Waals surface area (Å²) in [5, 5.41) is 3.27. The summed E-state index contributed by atoms with van der Waals surface area (Å²) >= 11 is 0. The highest BCUT2D eigenvalue weighted by atomic mass is 16.1. The van der Waals surface area contributed by atoms with Gasteiger partial charge in [0, 0.05) is 6.42 Å². The van der Waals surface area contributed by atoms with E-state index in [9.17, 15) is 4.79 Å². The van der Waals surface area contributed by atoms with E-state index in [0.29, 0.717) is 6.42 Å². The Morgan fingerprint density at radius 3 is 2.25 bits per heavy atom. The summed E-state index contributed by atoms with van der Waals surface area (Å²) in [6.07, 6.45) is 1.23. The SMILES string of the molecule is Cc1ccc(C(NC(=O)CCc2ccc(C)c(C)c2)c2ccccc2)c(C)c1. The van der Waals surface area contributed by atoms with Crippen LogP contribution in [-0.4, -0.2) is 5.91 Å². The molecule has 3 aromatic rings. The van der Waals surface area contributed by atoms with E-state index in [1.807, 2.05) is 18.2 Å². The number of amides is 1. The maximum absolute atomic E-state index is 12.8. The minimum Gasteiger partial charge on any atom is -0.345 e. The van der Waals surface area contributed by atoms with Crippen molar-refractivity contribution in [3.05, 3.63) is 106 Å². The van der Waals surface area contributed by atoms with Crippen molar-refractivity contribution in [3.63, 3.8) is 0 Å². The summed E-state index contributed by atoms with van der Waals surface area (Å²) in [5.74, 6) is 0.0760. The molecule has 1 amide bonds. The van der Waals surface area contributed by atoms with Gasteiger partial charge < -0.3 is 5.32 Å². The molecule has 3 rings (SSSR count). The normalized spacial score (nSPS) is 11.9. The van der Waals surface area contributed by atoms with E-state index in [1.54, 1.807) is 0 Å².